The van der Waals surface area contributed by atoms with E-state index in [2.05, 4.69) is 10.6 Å². The molecule has 0 aromatic heterocycles. The molecule has 0 radical (unpaired) electrons. The summed E-state index contributed by atoms with van der Waals surface area (Å²) in [7, 11) is 0. The van der Waals surface area contributed by atoms with Crippen LogP contribution in [0.3, 0.4) is 0 Å². The predicted molar refractivity (Wildman–Crippen MR) is 107 cm³/mol. The van der Waals surface area contributed by atoms with Crippen LogP contribution in [0.15, 0.2) is 42.5 Å². The zero-order valence-corrected chi connectivity index (χ0v) is 15.9. The highest BCUT2D eigenvalue weighted by atomic mass is 19.1. The summed E-state index contributed by atoms with van der Waals surface area (Å²) in [6.07, 6.45) is 2.00. The van der Waals surface area contributed by atoms with Crippen LogP contribution in [0.5, 0.6) is 0 Å². The number of carbonyl (C=O) groups excluding carboxylic acids is 2. The number of amides is 2. The molecule has 29 heavy (non-hydrogen) atoms. The van der Waals surface area contributed by atoms with Crippen molar-refractivity contribution in [1.29, 1.82) is 0 Å². The summed E-state index contributed by atoms with van der Waals surface area (Å²) >= 11 is 0. The van der Waals surface area contributed by atoms with Gasteiger partial charge in [0.1, 0.15) is 17.5 Å². The average molecular weight is 400 g/mol. The van der Waals surface area contributed by atoms with Crippen LogP contribution >= 0.6 is 0 Å². The third kappa shape index (κ3) is 4.68. The number of hydrogen-bond donors (Lipinski definition) is 2. The Morgan fingerprint density at radius 3 is 2.55 bits per heavy atom. The van der Waals surface area contributed by atoms with Crippen LogP contribution in [0.4, 0.5) is 21.5 Å². The molecule has 2 amide bonds. The van der Waals surface area contributed by atoms with E-state index in [1.165, 1.54) is 31.2 Å². The number of halogens is 1. The van der Waals surface area contributed by atoms with Gasteiger partial charge in [-0.25, -0.2) is 4.39 Å². The van der Waals surface area contributed by atoms with Gasteiger partial charge in [-0.15, -0.1) is 0 Å². The smallest absolute Gasteiger partial charge is 0.270 e. The maximum Gasteiger partial charge on any atom is 0.270 e. The van der Waals surface area contributed by atoms with Crippen molar-refractivity contribution in [2.24, 2.45) is 0 Å². The van der Waals surface area contributed by atoms with E-state index in [9.17, 15) is 24.1 Å². The second-order valence-electron chi connectivity index (χ2n) is 6.82. The van der Waals surface area contributed by atoms with Gasteiger partial charge in [-0.1, -0.05) is 12.1 Å². The van der Waals surface area contributed by atoms with Crippen molar-refractivity contribution in [3.63, 3.8) is 0 Å². The molecule has 1 heterocycles. The van der Waals surface area contributed by atoms with Crippen LogP contribution in [-0.4, -0.2) is 35.9 Å². The molecule has 0 aliphatic carbocycles. The van der Waals surface area contributed by atoms with Gasteiger partial charge in [-0.2, -0.15) is 0 Å². The van der Waals surface area contributed by atoms with Gasteiger partial charge >= 0.3 is 0 Å². The average Bonchev–Trinajstić information content (AvgIpc) is 3.24. The van der Waals surface area contributed by atoms with Gasteiger partial charge in [0, 0.05) is 30.8 Å². The maximum atomic E-state index is 14.4. The fourth-order valence-corrected chi connectivity index (χ4v) is 3.20. The van der Waals surface area contributed by atoms with E-state index in [1.807, 2.05) is 4.90 Å². The highest BCUT2D eigenvalue weighted by Crippen LogP contribution is 2.31. The number of rotatable bonds is 6. The number of hydrogen-bond acceptors (Lipinski definition) is 5. The molecule has 2 aromatic carbocycles. The lowest BCUT2D eigenvalue weighted by molar-refractivity contribution is -0.384. The molecule has 1 unspecified atom stereocenters. The van der Waals surface area contributed by atoms with Crippen LogP contribution in [-0.2, 0) is 4.79 Å². The van der Waals surface area contributed by atoms with Gasteiger partial charge in [-0.3, -0.25) is 19.7 Å². The third-order valence-corrected chi connectivity index (χ3v) is 4.75. The lowest BCUT2D eigenvalue weighted by Crippen LogP contribution is -2.42. The van der Waals surface area contributed by atoms with Gasteiger partial charge < -0.3 is 15.5 Å². The maximum absolute atomic E-state index is 14.4. The molecule has 152 valence electrons. The highest BCUT2D eigenvalue weighted by molar-refractivity contribution is 6.02. The molecule has 2 N–H and O–H groups in total. The molecule has 8 nitrogen and oxygen atoms in total. The second kappa shape index (κ2) is 8.68. The highest BCUT2D eigenvalue weighted by Gasteiger charge is 2.23. The van der Waals surface area contributed by atoms with E-state index in [1.54, 1.807) is 12.1 Å². The molecule has 1 atom stereocenters. The van der Waals surface area contributed by atoms with E-state index in [4.69, 9.17) is 0 Å². The topological polar surface area (TPSA) is 105 Å². The Morgan fingerprint density at radius 2 is 1.86 bits per heavy atom. The minimum Gasteiger partial charge on any atom is -0.370 e. The Balaban J connectivity index is 1.71. The summed E-state index contributed by atoms with van der Waals surface area (Å²) in [5.74, 6) is -1.78. The third-order valence-electron chi connectivity index (χ3n) is 4.75. The minimum absolute atomic E-state index is 0.0579. The zero-order chi connectivity index (χ0) is 21.0. The second-order valence-corrected chi connectivity index (χ2v) is 6.82. The number of carbonyl (C=O) groups is 2. The van der Waals surface area contributed by atoms with Gasteiger partial charge in [0.2, 0.25) is 5.91 Å². The van der Waals surface area contributed by atoms with Crippen molar-refractivity contribution in [3.05, 3.63) is 64.0 Å². The number of non-ortho nitro benzene ring substituents is 1. The number of nitro benzene ring substituents is 1. The molecule has 1 aliphatic rings. The fraction of sp³-hybridized carbons (Fsp3) is 0.300. The van der Waals surface area contributed by atoms with Crippen molar-refractivity contribution in [2.75, 3.05) is 23.3 Å². The van der Waals surface area contributed by atoms with Gasteiger partial charge in [-0.05, 0) is 38.0 Å². The molecule has 9 heteroatoms. The molecule has 3 rings (SSSR count). The van der Waals surface area contributed by atoms with E-state index in [0.717, 1.165) is 32.0 Å². The Morgan fingerprint density at radius 1 is 1.17 bits per heavy atom. The van der Waals surface area contributed by atoms with Crippen LogP contribution in [0.1, 0.15) is 30.1 Å². The lowest BCUT2D eigenvalue weighted by atomic mass is 10.1. The number of benzene rings is 2. The van der Waals surface area contributed by atoms with Crippen LogP contribution < -0.4 is 15.5 Å². The molecule has 0 saturated carbocycles. The van der Waals surface area contributed by atoms with Crippen molar-refractivity contribution < 1.29 is 18.9 Å². The van der Waals surface area contributed by atoms with Crippen molar-refractivity contribution in [3.8, 4) is 0 Å². The largest absolute Gasteiger partial charge is 0.370 e. The van der Waals surface area contributed by atoms with E-state index < -0.39 is 28.6 Å². The normalized spacial score (nSPS) is 14.3. The summed E-state index contributed by atoms with van der Waals surface area (Å²) in [6, 6.07) is 8.82. The molecule has 0 spiro atoms. The summed E-state index contributed by atoms with van der Waals surface area (Å²) in [5, 5.41) is 15.9. The first-order valence-corrected chi connectivity index (χ1v) is 9.26. The zero-order valence-electron chi connectivity index (χ0n) is 15.9. The SMILES string of the molecule is CC(NC(=O)c1cccc([N+](=O)[O-])c1)C(=O)Nc1c(F)cccc1N1CCCC1. The molecule has 1 aliphatic heterocycles. The monoisotopic (exact) mass is 400 g/mol. The number of para-hydroxylation sites is 1. The van der Waals surface area contributed by atoms with Crippen molar-refractivity contribution in [2.45, 2.75) is 25.8 Å². The minimum atomic E-state index is -0.979. The van der Waals surface area contributed by atoms with Gasteiger partial charge in [0.15, 0.2) is 0 Å². The molecule has 1 saturated heterocycles. The molecular formula is C20H21FN4O4. The number of nitrogens with zero attached hydrogens (tertiary/aromatic N) is 2. The van der Waals surface area contributed by atoms with Gasteiger partial charge in [0.25, 0.3) is 11.6 Å². The van der Waals surface area contributed by atoms with Crippen LogP contribution in [0, 0.1) is 15.9 Å². The molecule has 2 aromatic rings. The first-order chi connectivity index (χ1) is 13.9. The van der Waals surface area contributed by atoms with Gasteiger partial charge in [0.05, 0.1) is 10.6 Å². The number of nitro groups is 1. The summed E-state index contributed by atoms with van der Waals surface area (Å²) in [4.78, 5) is 37.1. The van der Waals surface area contributed by atoms with Crippen molar-refractivity contribution in [1.82, 2.24) is 5.32 Å². The first-order valence-electron chi connectivity index (χ1n) is 9.26. The summed E-state index contributed by atoms with van der Waals surface area (Å²) in [5.41, 5.74) is 0.516. The fourth-order valence-electron chi connectivity index (χ4n) is 3.20. The first kappa shape index (κ1) is 20.2. The van der Waals surface area contributed by atoms with E-state index >= 15 is 0 Å². The molecule has 0 bridgehead atoms. The standard InChI is InChI=1S/C20H21FN4O4/c1-13(22-20(27)14-6-4-7-15(12-14)25(28)29)19(26)23-18-16(21)8-5-9-17(18)24-10-2-3-11-24/h4-9,12-13H,2-3,10-11H2,1H3,(H,22,27)(H,23,26). The lowest BCUT2D eigenvalue weighted by Gasteiger charge is -2.23. The number of nitrogens with one attached hydrogen (secondary N) is 2. The van der Waals surface area contributed by atoms with E-state index in [-0.39, 0.29) is 16.9 Å². The quantitative estimate of drug-likeness (QED) is 0.573. The molecule has 1 fully saturated rings. The summed E-state index contributed by atoms with van der Waals surface area (Å²) < 4.78 is 14.4. The predicted octanol–water partition coefficient (Wildman–Crippen LogP) is 3.09. The van der Waals surface area contributed by atoms with Crippen molar-refractivity contribution >= 4 is 28.9 Å². The Labute approximate surface area is 166 Å². The van der Waals surface area contributed by atoms with Crippen LogP contribution in [0.25, 0.3) is 0 Å². The Bertz CT molecular complexity index is 944. The Hall–Kier alpha value is -3.49. The Kier molecular flexibility index (Phi) is 6.06. The molecular weight excluding hydrogens is 379 g/mol. The summed E-state index contributed by atoms with van der Waals surface area (Å²) in [6.45, 7) is 3.03. The number of anilines is 2. The van der Waals surface area contributed by atoms with Crippen LogP contribution in [0.2, 0.25) is 0 Å². The van der Waals surface area contributed by atoms with E-state index in [0.29, 0.717) is 5.69 Å².